The van der Waals surface area contributed by atoms with Gasteiger partial charge in [-0.25, -0.2) is 14.4 Å². The quantitative estimate of drug-likeness (QED) is 0.357. The number of carbonyl (C=O) groups is 1. The number of anilines is 1. The van der Waals surface area contributed by atoms with E-state index in [1.54, 1.807) is 35.0 Å². The Balaban J connectivity index is 1.55. The highest BCUT2D eigenvalue weighted by atomic mass is 19.4. The van der Waals surface area contributed by atoms with Crippen molar-refractivity contribution < 1.29 is 27.5 Å². The number of amides is 1. The fourth-order valence-electron chi connectivity index (χ4n) is 3.85. The average molecular weight is 483 g/mol. The Bertz CT molecular complexity index is 1570. The second kappa shape index (κ2) is 8.51. The summed E-state index contributed by atoms with van der Waals surface area (Å²) in [4.78, 5) is 21.4. The third-order valence-corrected chi connectivity index (χ3v) is 5.45. The molecule has 0 fully saturated rings. The van der Waals surface area contributed by atoms with Crippen LogP contribution in [0.1, 0.15) is 27.3 Å². The summed E-state index contributed by atoms with van der Waals surface area (Å²) < 4.78 is 56.5. The summed E-state index contributed by atoms with van der Waals surface area (Å²) in [6, 6.07) is 11.2. The van der Waals surface area contributed by atoms with Crippen LogP contribution in [0, 0.1) is 5.82 Å². The summed E-state index contributed by atoms with van der Waals surface area (Å²) in [5.74, 6) is -1.07. The summed E-state index contributed by atoms with van der Waals surface area (Å²) in [6.45, 7) is -0.224. The van der Waals surface area contributed by atoms with Gasteiger partial charge in [0.1, 0.15) is 22.8 Å². The maximum Gasteiger partial charge on any atom is 0.417 e. The van der Waals surface area contributed by atoms with Crippen molar-refractivity contribution in [3.05, 3.63) is 95.5 Å². The van der Waals surface area contributed by atoms with Crippen molar-refractivity contribution in [3.63, 3.8) is 0 Å². The van der Waals surface area contributed by atoms with E-state index in [9.17, 15) is 27.5 Å². The molecule has 35 heavy (non-hydrogen) atoms. The van der Waals surface area contributed by atoms with E-state index in [1.807, 2.05) is 0 Å². The number of fused-ring (bicyclic) bond motifs is 2. The van der Waals surface area contributed by atoms with Crippen LogP contribution in [0.15, 0.2) is 67.1 Å². The Kier molecular flexibility index (Phi) is 5.48. The zero-order valence-corrected chi connectivity index (χ0v) is 17.9. The van der Waals surface area contributed by atoms with E-state index in [4.69, 9.17) is 0 Å². The number of nitrogens with zero attached hydrogens (tertiary/aromatic N) is 4. The second-order valence-corrected chi connectivity index (χ2v) is 7.91. The number of carbonyl (C=O) groups excluding carboxylic acids is 1. The summed E-state index contributed by atoms with van der Waals surface area (Å²) in [6.07, 6.45) is -0.601. The van der Waals surface area contributed by atoms with Gasteiger partial charge in [-0.1, -0.05) is 12.1 Å². The molecule has 0 radical (unpaired) electrons. The van der Waals surface area contributed by atoms with Crippen molar-refractivity contribution in [2.75, 3.05) is 5.32 Å². The number of alkyl halides is 3. The van der Waals surface area contributed by atoms with Gasteiger partial charge in [-0.05, 0) is 35.9 Å². The number of aliphatic hydroxyl groups is 1. The molecule has 0 atom stereocenters. The first-order chi connectivity index (χ1) is 16.7. The minimum absolute atomic E-state index is 0.0154. The van der Waals surface area contributed by atoms with Gasteiger partial charge in [0.05, 0.1) is 17.9 Å². The molecule has 0 aliphatic heterocycles. The zero-order chi connectivity index (χ0) is 24.7. The van der Waals surface area contributed by atoms with Crippen LogP contribution < -0.4 is 5.32 Å². The molecule has 0 bridgehead atoms. The molecule has 0 saturated heterocycles. The van der Waals surface area contributed by atoms with Crippen LogP contribution in [-0.4, -0.2) is 29.9 Å². The number of halogens is 4. The van der Waals surface area contributed by atoms with Crippen molar-refractivity contribution in [2.45, 2.75) is 19.3 Å². The van der Waals surface area contributed by atoms with E-state index in [0.717, 1.165) is 6.07 Å². The van der Waals surface area contributed by atoms with Crippen LogP contribution in [0.3, 0.4) is 0 Å². The van der Waals surface area contributed by atoms with Gasteiger partial charge in [-0.3, -0.25) is 4.79 Å². The number of hydrogen-bond donors (Lipinski definition) is 2. The molecular formula is C24H17F4N5O2. The van der Waals surface area contributed by atoms with Gasteiger partial charge in [0.2, 0.25) is 0 Å². The van der Waals surface area contributed by atoms with E-state index in [2.05, 4.69) is 15.3 Å². The minimum atomic E-state index is -4.60. The number of pyridine rings is 2. The third kappa shape index (κ3) is 4.45. The fourth-order valence-corrected chi connectivity index (χ4v) is 3.85. The highest BCUT2D eigenvalue weighted by Crippen LogP contribution is 2.32. The van der Waals surface area contributed by atoms with Crippen LogP contribution in [0.2, 0.25) is 0 Å². The molecule has 5 rings (SSSR count). The van der Waals surface area contributed by atoms with Crippen LogP contribution in [0.5, 0.6) is 0 Å². The zero-order valence-electron chi connectivity index (χ0n) is 17.9. The van der Waals surface area contributed by atoms with Gasteiger partial charge >= 0.3 is 6.18 Å². The molecule has 11 heteroatoms. The Labute approximate surface area is 195 Å². The molecule has 1 aromatic carbocycles. The van der Waals surface area contributed by atoms with Crippen molar-refractivity contribution in [2.24, 2.45) is 0 Å². The minimum Gasteiger partial charge on any atom is -0.390 e. The summed E-state index contributed by atoms with van der Waals surface area (Å²) in [5, 5.41) is 12.1. The first-order valence-corrected chi connectivity index (χ1v) is 10.4. The maximum atomic E-state index is 13.7. The topological polar surface area (TPSA) is 84.5 Å². The fraction of sp³-hybridized carbons (Fsp3) is 0.125. The number of rotatable bonds is 5. The highest BCUT2D eigenvalue weighted by Gasteiger charge is 2.32. The summed E-state index contributed by atoms with van der Waals surface area (Å²) in [7, 11) is 0. The smallest absolute Gasteiger partial charge is 0.390 e. The van der Waals surface area contributed by atoms with Gasteiger partial charge in [0, 0.05) is 42.3 Å². The Hall–Kier alpha value is -4.25. The van der Waals surface area contributed by atoms with Gasteiger partial charge < -0.3 is 19.4 Å². The van der Waals surface area contributed by atoms with Gasteiger partial charge in [-0.2, -0.15) is 13.2 Å². The molecule has 0 spiro atoms. The molecule has 0 aliphatic rings. The lowest BCUT2D eigenvalue weighted by molar-refractivity contribution is -0.137. The third-order valence-electron chi connectivity index (χ3n) is 5.45. The van der Waals surface area contributed by atoms with Crippen molar-refractivity contribution >= 4 is 28.3 Å². The Morgan fingerprint density at radius 1 is 1.11 bits per heavy atom. The first kappa shape index (κ1) is 22.5. The number of benzene rings is 1. The van der Waals surface area contributed by atoms with Crippen LogP contribution >= 0.6 is 0 Å². The maximum absolute atomic E-state index is 13.7. The Morgan fingerprint density at radius 3 is 2.69 bits per heavy atom. The molecular weight excluding hydrogens is 466 g/mol. The lowest BCUT2D eigenvalue weighted by Gasteiger charge is -2.12. The van der Waals surface area contributed by atoms with Crippen molar-refractivity contribution in [1.82, 2.24) is 18.9 Å². The SMILES string of the molecule is O=C(Nc1ccn2cc(CO)nc2c1)c1cc2cc(C(F)(F)F)cnc2n1Cc1cccc(F)c1. The van der Waals surface area contributed by atoms with E-state index < -0.39 is 23.5 Å². The molecule has 178 valence electrons. The van der Waals surface area contributed by atoms with Gasteiger partial charge in [-0.15, -0.1) is 0 Å². The molecule has 1 amide bonds. The van der Waals surface area contributed by atoms with Crippen molar-refractivity contribution in [1.29, 1.82) is 0 Å². The molecule has 0 saturated carbocycles. The molecule has 0 aliphatic carbocycles. The van der Waals surface area contributed by atoms with Crippen LogP contribution in [0.4, 0.5) is 23.2 Å². The van der Waals surface area contributed by atoms with E-state index in [1.165, 1.54) is 28.8 Å². The molecule has 7 nitrogen and oxygen atoms in total. The van der Waals surface area contributed by atoms with Gasteiger partial charge in [0.25, 0.3) is 5.91 Å². The van der Waals surface area contributed by atoms with Crippen LogP contribution in [-0.2, 0) is 19.3 Å². The predicted octanol–water partition coefficient (Wildman–Crippen LogP) is 4.63. The molecule has 0 unspecified atom stereocenters. The lowest BCUT2D eigenvalue weighted by Crippen LogP contribution is -2.18. The van der Waals surface area contributed by atoms with E-state index in [-0.39, 0.29) is 29.9 Å². The standard InChI is InChI=1S/C24H17F4N5O2/c25-17-3-1-2-14(6-17)11-33-20(8-15-7-16(24(26,27)28)10-29-22(15)33)23(35)31-18-4-5-32-12-19(13-34)30-21(32)9-18/h1-10,12,34H,11,13H2,(H,31,35). The van der Waals surface area contributed by atoms with Gasteiger partial charge in [0.15, 0.2) is 0 Å². The first-order valence-electron chi connectivity index (χ1n) is 10.4. The summed E-state index contributed by atoms with van der Waals surface area (Å²) in [5.41, 5.74) is 1.11. The monoisotopic (exact) mass is 483 g/mol. The van der Waals surface area contributed by atoms with Crippen LogP contribution in [0.25, 0.3) is 16.7 Å². The molecule has 2 N–H and O–H groups in total. The number of aliphatic hydroxyl groups excluding tert-OH is 1. The lowest BCUT2D eigenvalue weighted by atomic mass is 10.2. The predicted molar refractivity (Wildman–Crippen MR) is 119 cm³/mol. The molecule has 4 aromatic heterocycles. The normalized spacial score (nSPS) is 11.9. The number of aromatic nitrogens is 4. The number of nitrogens with one attached hydrogen (secondary N) is 1. The number of imidazole rings is 1. The van der Waals surface area contributed by atoms with E-state index in [0.29, 0.717) is 28.8 Å². The second-order valence-electron chi connectivity index (χ2n) is 7.91. The van der Waals surface area contributed by atoms with E-state index >= 15 is 0 Å². The Morgan fingerprint density at radius 2 is 1.94 bits per heavy atom. The number of hydrogen-bond acceptors (Lipinski definition) is 4. The largest absolute Gasteiger partial charge is 0.417 e. The highest BCUT2D eigenvalue weighted by molar-refractivity contribution is 6.06. The average Bonchev–Trinajstić information content (AvgIpc) is 3.39. The van der Waals surface area contributed by atoms with Crippen molar-refractivity contribution in [3.8, 4) is 0 Å². The molecule has 4 heterocycles. The summed E-state index contributed by atoms with van der Waals surface area (Å²) >= 11 is 0. The molecule has 5 aromatic rings.